The lowest BCUT2D eigenvalue weighted by Crippen LogP contribution is -2.51. The Balaban J connectivity index is 2.00. The number of esters is 3. The van der Waals surface area contributed by atoms with Crippen LogP contribution in [0.15, 0.2) is 12.2 Å². The minimum Gasteiger partial charge on any atom is -0.466 e. The van der Waals surface area contributed by atoms with Gasteiger partial charge < -0.3 is 14.2 Å². The van der Waals surface area contributed by atoms with E-state index in [2.05, 4.69) is 6.58 Å². The Bertz CT molecular complexity index is 667. The summed E-state index contributed by atoms with van der Waals surface area (Å²) in [6.45, 7) is 6.56. The molecule has 142 valence electrons. The van der Waals surface area contributed by atoms with Crippen molar-refractivity contribution in [2.45, 2.75) is 45.6 Å². The fraction of sp³-hybridized carbons (Fsp3) is 0.684. The summed E-state index contributed by atoms with van der Waals surface area (Å²) < 4.78 is 16.1. The molecule has 26 heavy (non-hydrogen) atoms. The number of hydrogen-bond donors (Lipinski definition) is 0. The number of hydrogen-bond acceptors (Lipinski definition) is 7. The van der Waals surface area contributed by atoms with Crippen LogP contribution >= 0.6 is 0 Å². The second-order valence-corrected chi connectivity index (χ2v) is 7.49. The van der Waals surface area contributed by atoms with Crippen LogP contribution < -0.4 is 0 Å². The first-order valence-corrected chi connectivity index (χ1v) is 8.97. The van der Waals surface area contributed by atoms with Gasteiger partial charge in [-0.1, -0.05) is 6.58 Å². The molecule has 1 aliphatic heterocycles. The summed E-state index contributed by atoms with van der Waals surface area (Å²) in [6.07, 6.45) is 1.55. The first-order valence-electron chi connectivity index (χ1n) is 8.97. The van der Waals surface area contributed by atoms with Crippen molar-refractivity contribution in [3.63, 3.8) is 0 Å². The van der Waals surface area contributed by atoms with Gasteiger partial charge in [0.2, 0.25) is 0 Å². The van der Waals surface area contributed by atoms with E-state index in [0.717, 1.165) is 0 Å². The van der Waals surface area contributed by atoms with Gasteiger partial charge in [0.05, 0.1) is 6.61 Å². The zero-order valence-electron chi connectivity index (χ0n) is 15.1. The van der Waals surface area contributed by atoms with Crippen LogP contribution in [0.2, 0.25) is 0 Å². The van der Waals surface area contributed by atoms with Crippen LogP contribution in [0, 0.1) is 23.2 Å². The standard InChI is InChI=1S/C19H24O7/c1-10-14-5-4-13(8-24-11(2)20)15-6-7-16(22)19(15,9-25-12(3)21)17(14)26-18(10)23/h13-15,17H,1,4-9H2,2-3H3. The van der Waals surface area contributed by atoms with Gasteiger partial charge in [-0.3, -0.25) is 14.4 Å². The first kappa shape index (κ1) is 18.6. The van der Waals surface area contributed by atoms with E-state index in [1.807, 2.05) is 0 Å². The molecule has 7 heteroatoms. The lowest BCUT2D eigenvalue weighted by Gasteiger charge is -2.39. The summed E-state index contributed by atoms with van der Waals surface area (Å²) in [5, 5.41) is 0. The van der Waals surface area contributed by atoms with Gasteiger partial charge in [-0.2, -0.15) is 0 Å². The minimum absolute atomic E-state index is 0.0574. The van der Waals surface area contributed by atoms with Crippen molar-refractivity contribution < 1.29 is 33.4 Å². The monoisotopic (exact) mass is 364 g/mol. The van der Waals surface area contributed by atoms with Crippen molar-refractivity contribution in [1.82, 2.24) is 0 Å². The number of rotatable bonds is 4. The third-order valence-electron chi connectivity index (χ3n) is 6.11. The maximum atomic E-state index is 13.0. The lowest BCUT2D eigenvalue weighted by atomic mass is 9.67. The fourth-order valence-electron chi connectivity index (χ4n) is 4.92. The van der Waals surface area contributed by atoms with Gasteiger partial charge in [-0.15, -0.1) is 0 Å². The van der Waals surface area contributed by atoms with Crippen LogP contribution in [0.4, 0.5) is 0 Å². The summed E-state index contributed by atoms with van der Waals surface area (Å²) in [6, 6.07) is 0. The van der Waals surface area contributed by atoms with E-state index in [9.17, 15) is 19.2 Å². The van der Waals surface area contributed by atoms with E-state index in [0.29, 0.717) is 31.3 Å². The van der Waals surface area contributed by atoms with Crippen LogP contribution in [0.1, 0.15) is 39.5 Å². The first-order chi connectivity index (χ1) is 12.3. The van der Waals surface area contributed by atoms with Gasteiger partial charge in [0, 0.05) is 31.8 Å². The molecule has 3 aliphatic rings. The summed E-state index contributed by atoms with van der Waals surface area (Å²) in [5.41, 5.74) is -0.726. The SMILES string of the molecule is C=C1C(=O)OC2C1CCC(COC(C)=O)C1CCC(=O)C12COC(C)=O. The number of ether oxygens (including phenoxy) is 3. The molecule has 1 heterocycles. The Morgan fingerprint density at radius 2 is 1.85 bits per heavy atom. The molecule has 2 saturated carbocycles. The molecule has 2 aliphatic carbocycles. The largest absolute Gasteiger partial charge is 0.466 e. The molecule has 0 aromatic heterocycles. The highest BCUT2D eigenvalue weighted by Gasteiger charge is 2.65. The molecule has 0 aromatic carbocycles. The molecule has 0 bridgehead atoms. The van der Waals surface area contributed by atoms with E-state index < -0.39 is 23.5 Å². The van der Waals surface area contributed by atoms with E-state index in [4.69, 9.17) is 14.2 Å². The molecule has 0 aromatic rings. The van der Waals surface area contributed by atoms with E-state index in [1.54, 1.807) is 0 Å². The highest BCUT2D eigenvalue weighted by atomic mass is 16.6. The molecule has 3 fully saturated rings. The van der Waals surface area contributed by atoms with E-state index in [-0.39, 0.29) is 42.7 Å². The molecule has 0 N–H and O–H groups in total. The molecular formula is C19H24O7. The van der Waals surface area contributed by atoms with Gasteiger partial charge in [-0.25, -0.2) is 4.79 Å². The van der Waals surface area contributed by atoms with Gasteiger partial charge in [0.1, 0.15) is 23.9 Å². The van der Waals surface area contributed by atoms with Crippen molar-refractivity contribution in [3.8, 4) is 0 Å². The summed E-state index contributed by atoms with van der Waals surface area (Å²) in [5.74, 6) is -1.93. The van der Waals surface area contributed by atoms with Gasteiger partial charge in [-0.05, 0) is 31.1 Å². The zero-order chi connectivity index (χ0) is 19.1. The number of ketones is 1. The van der Waals surface area contributed by atoms with Gasteiger partial charge >= 0.3 is 17.9 Å². The van der Waals surface area contributed by atoms with Crippen LogP contribution in [0.25, 0.3) is 0 Å². The van der Waals surface area contributed by atoms with Crippen LogP contribution in [-0.4, -0.2) is 43.0 Å². The molecule has 0 radical (unpaired) electrons. The minimum atomic E-state index is -1.09. The Morgan fingerprint density at radius 3 is 2.50 bits per heavy atom. The molecule has 5 atom stereocenters. The summed E-state index contributed by atoms with van der Waals surface area (Å²) >= 11 is 0. The highest BCUT2D eigenvalue weighted by Crippen LogP contribution is 2.57. The van der Waals surface area contributed by atoms with Crippen molar-refractivity contribution in [3.05, 3.63) is 12.2 Å². The molecular weight excluding hydrogens is 340 g/mol. The molecule has 1 saturated heterocycles. The number of fused-ring (bicyclic) bond motifs is 3. The average molecular weight is 364 g/mol. The second kappa shape index (κ2) is 6.85. The van der Waals surface area contributed by atoms with Gasteiger partial charge in [0.15, 0.2) is 0 Å². The lowest BCUT2D eigenvalue weighted by molar-refractivity contribution is -0.165. The Morgan fingerprint density at radius 1 is 1.15 bits per heavy atom. The quantitative estimate of drug-likeness (QED) is 0.424. The van der Waals surface area contributed by atoms with Crippen LogP contribution in [-0.2, 0) is 33.4 Å². The summed E-state index contributed by atoms with van der Waals surface area (Å²) in [7, 11) is 0. The zero-order valence-corrected chi connectivity index (χ0v) is 15.1. The molecule has 0 spiro atoms. The van der Waals surface area contributed by atoms with Gasteiger partial charge in [0.25, 0.3) is 0 Å². The molecule has 3 rings (SSSR count). The van der Waals surface area contributed by atoms with Crippen molar-refractivity contribution in [2.75, 3.05) is 13.2 Å². The number of carbonyl (C=O) groups excluding carboxylic acids is 4. The van der Waals surface area contributed by atoms with Crippen LogP contribution in [0.3, 0.4) is 0 Å². The second-order valence-electron chi connectivity index (χ2n) is 7.49. The predicted octanol–water partition coefficient (Wildman–Crippen LogP) is 1.59. The average Bonchev–Trinajstić information content (AvgIpc) is 3.00. The third-order valence-corrected chi connectivity index (χ3v) is 6.11. The fourth-order valence-corrected chi connectivity index (χ4v) is 4.92. The normalized spacial score (nSPS) is 36.0. The van der Waals surface area contributed by atoms with Crippen molar-refractivity contribution >= 4 is 23.7 Å². The third kappa shape index (κ3) is 2.93. The number of carbonyl (C=O) groups is 4. The number of Topliss-reactive ketones (excluding diaryl/α,β-unsaturated/α-hetero) is 1. The Hall–Kier alpha value is -2.18. The Kier molecular flexibility index (Phi) is 4.90. The predicted molar refractivity (Wildman–Crippen MR) is 88.7 cm³/mol. The topological polar surface area (TPSA) is 96.0 Å². The van der Waals surface area contributed by atoms with E-state index in [1.165, 1.54) is 13.8 Å². The maximum absolute atomic E-state index is 13.0. The smallest absolute Gasteiger partial charge is 0.334 e. The Labute approximate surface area is 152 Å². The summed E-state index contributed by atoms with van der Waals surface area (Å²) in [4.78, 5) is 47.9. The van der Waals surface area contributed by atoms with Crippen LogP contribution in [0.5, 0.6) is 0 Å². The van der Waals surface area contributed by atoms with E-state index >= 15 is 0 Å². The van der Waals surface area contributed by atoms with Crippen molar-refractivity contribution in [1.29, 1.82) is 0 Å². The highest BCUT2D eigenvalue weighted by molar-refractivity contribution is 5.94. The molecule has 0 amide bonds. The molecule has 5 unspecified atom stereocenters. The molecule has 7 nitrogen and oxygen atoms in total. The van der Waals surface area contributed by atoms with Crippen molar-refractivity contribution in [2.24, 2.45) is 23.2 Å². The maximum Gasteiger partial charge on any atom is 0.334 e.